The summed E-state index contributed by atoms with van der Waals surface area (Å²) in [6, 6.07) is 9.48. The van der Waals surface area contributed by atoms with Gasteiger partial charge in [-0.05, 0) is 50.1 Å². The van der Waals surface area contributed by atoms with Crippen LogP contribution in [0.25, 0.3) is 5.69 Å². The van der Waals surface area contributed by atoms with E-state index in [1.165, 1.54) is 0 Å². The number of rotatable bonds is 3. The quantitative estimate of drug-likeness (QED) is 0.948. The SMILES string of the molecule is Cc1ccc(C(=O)N2CCC(C)(C(=O)O)C2)cc1-n1cccc1. The molecule has 1 aromatic heterocycles. The second kappa shape index (κ2) is 5.57. The summed E-state index contributed by atoms with van der Waals surface area (Å²) in [7, 11) is 0. The highest BCUT2D eigenvalue weighted by molar-refractivity contribution is 5.95. The van der Waals surface area contributed by atoms with E-state index >= 15 is 0 Å². The Morgan fingerprint density at radius 2 is 1.91 bits per heavy atom. The van der Waals surface area contributed by atoms with Crippen molar-refractivity contribution in [2.24, 2.45) is 5.41 Å². The van der Waals surface area contributed by atoms with E-state index in [4.69, 9.17) is 0 Å². The van der Waals surface area contributed by atoms with Crippen molar-refractivity contribution in [1.82, 2.24) is 9.47 Å². The van der Waals surface area contributed by atoms with E-state index in [9.17, 15) is 14.7 Å². The van der Waals surface area contributed by atoms with Gasteiger partial charge in [0.2, 0.25) is 0 Å². The maximum Gasteiger partial charge on any atom is 0.311 e. The molecule has 3 rings (SSSR count). The van der Waals surface area contributed by atoms with Gasteiger partial charge in [-0.3, -0.25) is 9.59 Å². The predicted octanol–water partition coefficient (Wildman–Crippen LogP) is 2.72. The number of carboxylic acids is 1. The highest BCUT2D eigenvalue weighted by atomic mass is 16.4. The number of likely N-dealkylation sites (tertiary alicyclic amines) is 1. The zero-order valence-electron chi connectivity index (χ0n) is 13.3. The molecule has 1 N–H and O–H groups in total. The molecule has 5 heteroatoms. The van der Waals surface area contributed by atoms with Gasteiger partial charge >= 0.3 is 5.97 Å². The highest BCUT2D eigenvalue weighted by Crippen LogP contribution is 2.31. The summed E-state index contributed by atoms with van der Waals surface area (Å²) in [5, 5.41) is 9.31. The average molecular weight is 312 g/mol. The highest BCUT2D eigenvalue weighted by Gasteiger charge is 2.42. The van der Waals surface area contributed by atoms with Crippen LogP contribution in [-0.2, 0) is 4.79 Å². The van der Waals surface area contributed by atoms with Crippen molar-refractivity contribution in [2.75, 3.05) is 13.1 Å². The van der Waals surface area contributed by atoms with Crippen molar-refractivity contribution in [3.63, 3.8) is 0 Å². The van der Waals surface area contributed by atoms with Gasteiger partial charge in [0, 0.05) is 36.7 Å². The van der Waals surface area contributed by atoms with Gasteiger partial charge in [0.15, 0.2) is 0 Å². The molecule has 0 bridgehead atoms. The second-order valence-corrected chi connectivity index (χ2v) is 6.43. The Balaban J connectivity index is 1.87. The van der Waals surface area contributed by atoms with E-state index in [2.05, 4.69) is 0 Å². The topological polar surface area (TPSA) is 62.5 Å². The van der Waals surface area contributed by atoms with Gasteiger partial charge in [0.1, 0.15) is 0 Å². The van der Waals surface area contributed by atoms with Crippen molar-refractivity contribution in [1.29, 1.82) is 0 Å². The van der Waals surface area contributed by atoms with Crippen LogP contribution in [-0.4, -0.2) is 39.5 Å². The molecule has 1 aliphatic rings. The van der Waals surface area contributed by atoms with Crippen LogP contribution in [0.3, 0.4) is 0 Å². The van der Waals surface area contributed by atoms with Gasteiger partial charge in [-0.2, -0.15) is 0 Å². The van der Waals surface area contributed by atoms with Crippen molar-refractivity contribution < 1.29 is 14.7 Å². The zero-order valence-corrected chi connectivity index (χ0v) is 13.3. The first-order valence-electron chi connectivity index (χ1n) is 7.67. The summed E-state index contributed by atoms with van der Waals surface area (Å²) in [4.78, 5) is 25.7. The third kappa shape index (κ3) is 2.74. The fraction of sp³-hybridized carbons (Fsp3) is 0.333. The fourth-order valence-electron chi connectivity index (χ4n) is 3.01. The number of hydrogen-bond donors (Lipinski definition) is 1. The predicted molar refractivity (Wildman–Crippen MR) is 86.8 cm³/mol. The molecule has 1 unspecified atom stereocenters. The number of aryl methyl sites for hydroxylation is 1. The summed E-state index contributed by atoms with van der Waals surface area (Å²) in [5.41, 5.74) is 1.79. The summed E-state index contributed by atoms with van der Waals surface area (Å²) in [6.07, 6.45) is 4.37. The van der Waals surface area contributed by atoms with Crippen LogP contribution in [0.4, 0.5) is 0 Å². The summed E-state index contributed by atoms with van der Waals surface area (Å²) in [6.45, 7) is 4.44. The summed E-state index contributed by atoms with van der Waals surface area (Å²) >= 11 is 0. The van der Waals surface area contributed by atoms with Gasteiger partial charge in [0.05, 0.1) is 5.41 Å². The molecule has 1 amide bonds. The van der Waals surface area contributed by atoms with Gasteiger partial charge in [0.25, 0.3) is 5.91 Å². The average Bonchev–Trinajstić information content (AvgIpc) is 3.17. The molecule has 0 spiro atoms. The molecule has 5 nitrogen and oxygen atoms in total. The normalized spacial score (nSPS) is 20.7. The lowest BCUT2D eigenvalue weighted by Crippen LogP contribution is -2.34. The minimum atomic E-state index is -0.844. The zero-order chi connectivity index (χ0) is 16.6. The number of hydrogen-bond acceptors (Lipinski definition) is 2. The molecule has 23 heavy (non-hydrogen) atoms. The minimum absolute atomic E-state index is 0.108. The van der Waals surface area contributed by atoms with Gasteiger partial charge in [-0.15, -0.1) is 0 Å². The summed E-state index contributed by atoms with van der Waals surface area (Å²) in [5.74, 6) is -0.951. The molecule has 1 aromatic carbocycles. The monoisotopic (exact) mass is 312 g/mol. The van der Waals surface area contributed by atoms with Crippen LogP contribution in [0.2, 0.25) is 0 Å². The fourth-order valence-corrected chi connectivity index (χ4v) is 3.01. The van der Waals surface area contributed by atoms with E-state index in [1.807, 2.05) is 48.1 Å². The Kier molecular flexibility index (Phi) is 3.72. The number of aromatic nitrogens is 1. The van der Waals surface area contributed by atoms with Crippen molar-refractivity contribution in [2.45, 2.75) is 20.3 Å². The Morgan fingerprint density at radius 3 is 2.52 bits per heavy atom. The smallest absolute Gasteiger partial charge is 0.311 e. The number of amides is 1. The third-order valence-electron chi connectivity index (χ3n) is 4.62. The molecule has 1 saturated heterocycles. The molecular formula is C18H20N2O3. The van der Waals surface area contributed by atoms with E-state index < -0.39 is 11.4 Å². The van der Waals surface area contributed by atoms with Crippen LogP contribution in [0.1, 0.15) is 29.3 Å². The first-order chi connectivity index (χ1) is 10.9. The number of aliphatic carboxylic acids is 1. The number of carboxylic acid groups (broad SMARTS) is 1. The van der Waals surface area contributed by atoms with Gasteiger partial charge in [-0.1, -0.05) is 6.07 Å². The molecule has 2 aromatic rings. The van der Waals surface area contributed by atoms with E-state index in [-0.39, 0.29) is 12.5 Å². The van der Waals surface area contributed by atoms with Gasteiger partial charge in [-0.25, -0.2) is 0 Å². The van der Waals surface area contributed by atoms with E-state index in [1.54, 1.807) is 17.9 Å². The molecule has 1 aliphatic heterocycles. The van der Waals surface area contributed by atoms with Crippen LogP contribution >= 0.6 is 0 Å². The van der Waals surface area contributed by atoms with Crippen molar-refractivity contribution in [3.05, 3.63) is 53.9 Å². The first kappa shape index (κ1) is 15.3. The maximum atomic E-state index is 12.7. The Morgan fingerprint density at radius 1 is 1.22 bits per heavy atom. The van der Waals surface area contributed by atoms with Crippen LogP contribution in [0.5, 0.6) is 0 Å². The summed E-state index contributed by atoms with van der Waals surface area (Å²) < 4.78 is 1.97. The molecular weight excluding hydrogens is 292 g/mol. The lowest BCUT2D eigenvalue weighted by Gasteiger charge is -2.20. The van der Waals surface area contributed by atoms with E-state index in [0.717, 1.165) is 11.3 Å². The van der Waals surface area contributed by atoms with Crippen molar-refractivity contribution >= 4 is 11.9 Å². The molecule has 0 saturated carbocycles. The molecule has 0 radical (unpaired) electrons. The number of carbonyl (C=O) groups is 2. The Hall–Kier alpha value is -2.56. The van der Waals surface area contributed by atoms with Gasteiger partial charge < -0.3 is 14.6 Å². The van der Waals surface area contributed by atoms with E-state index in [0.29, 0.717) is 18.5 Å². The standard InChI is InChI=1S/C18H20N2O3/c1-13-5-6-14(11-15(13)19-8-3-4-9-19)16(21)20-10-7-18(2,12-20)17(22)23/h3-6,8-9,11H,7,10,12H2,1-2H3,(H,22,23). The number of nitrogens with zero attached hydrogens (tertiary/aromatic N) is 2. The second-order valence-electron chi connectivity index (χ2n) is 6.43. The first-order valence-corrected chi connectivity index (χ1v) is 7.67. The van der Waals surface area contributed by atoms with Crippen LogP contribution < -0.4 is 0 Å². The number of carbonyl (C=O) groups excluding carboxylic acids is 1. The molecule has 1 atom stereocenters. The lowest BCUT2D eigenvalue weighted by molar-refractivity contribution is -0.147. The van der Waals surface area contributed by atoms with Crippen LogP contribution in [0.15, 0.2) is 42.7 Å². The minimum Gasteiger partial charge on any atom is -0.481 e. The molecule has 0 aliphatic carbocycles. The number of benzene rings is 1. The molecule has 2 heterocycles. The third-order valence-corrected chi connectivity index (χ3v) is 4.62. The molecule has 1 fully saturated rings. The lowest BCUT2D eigenvalue weighted by atomic mass is 9.90. The largest absolute Gasteiger partial charge is 0.481 e. The Labute approximate surface area is 135 Å². The maximum absolute atomic E-state index is 12.7. The Bertz CT molecular complexity index is 752. The van der Waals surface area contributed by atoms with Crippen molar-refractivity contribution in [3.8, 4) is 5.69 Å². The van der Waals surface area contributed by atoms with Crippen LogP contribution in [0, 0.1) is 12.3 Å². The molecule has 120 valence electrons.